The number of aryl methyl sites for hydroxylation is 1. The zero-order chi connectivity index (χ0) is 25.1. The van der Waals surface area contributed by atoms with Gasteiger partial charge in [0, 0.05) is 38.8 Å². The van der Waals surface area contributed by atoms with Crippen LogP contribution >= 0.6 is 34.9 Å². The Kier molecular flexibility index (Phi) is 7.57. The number of nitrogen functional groups attached to an aromatic ring is 1. The van der Waals surface area contributed by atoms with Gasteiger partial charge in [-0.05, 0) is 0 Å². The van der Waals surface area contributed by atoms with E-state index >= 15 is 0 Å². The Bertz CT molecular complexity index is 1220. The van der Waals surface area contributed by atoms with Crippen LogP contribution in [0.4, 0.5) is 9.52 Å². The van der Waals surface area contributed by atoms with E-state index in [9.17, 15) is 23.9 Å². The number of carboxylic acids is 1. The Morgan fingerprint density at radius 3 is 2.83 bits per heavy atom. The average molecular weight is 540 g/mol. The van der Waals surface area contributed by atoms with E-state index < -0.39 is 36.7 Å². The van der Waals surface area contributed by atoms with E-state index in [0.29, 0.717) is 16.4 Å². The molecule has 4 N–H and O–H groups in total. The van der Waals surface area contributed by atoms with Crippen molar-refractivity contribution in [2.75, 3.05) is 24.1 Å². The lowest BCUT2D eigenvalue weighted by Gasteiger charge is -2.49. The van der Waals surface area contributed by atoms with Crippen molar-refractivity contribution < 1.29 is 33.3 Å². The Morgan fingerprint density at radius 1 is 1.46 bits per heavy atom. The fraction of sp³-hybridized carbons (Fsp3) is 0.300. The molecule has 2 unspecified atom stereocenters. The van der Waals surface area contributed by atoms with Gasteiger partial charge in [-0.25, -0.2) is 18.7 Å². The summed E-state index contributed by atoms with van der Waals surface area (Å²) in [5, 5.41) is 17.5. The summed E-state index contributed by atoms with van der Waals surface area (Å²) in [6.07, 6.45) is 3.78. The lowest BCUT2D eigenvalue weighted by atomic mass is 9.94. The van der Waals surface area contributed by atoms with Crippen molar-refractivity contribution in [3.63, 3.8) is 0 Å². The molecule has 0 radical (unpaired) electrons. The monoisotopic (exact) mass is 539 g/mol. The molecule has 2 aliphatic rings. The van der Waals surface area contributed by atoms with Gasteiger partial charge < -0.3 is 21.0 Å². The van der Waals surface area contributed by atoms with Crippen molar-refractivity contribution >= 4 is 63.5 Å². The molecule has 0 saturated carbocycles. The van der Waals surface area contributed by atoms with Crippen LogP contribution in [-0.2, 0) is 26.3 Å². The molecular formula is C20H20FN6O5S3+. The van der Waals surface area contributed by atoms with Crippen molar-refractivity contribution in [3.8, 4) is 0 Å². The summed E-state index contributed by atoms with van der Waals surface area (Å²) in [6, 6.07) is 2.31. The van der Waals surface area contributed by atoms with Crippen LogP contribution in [0.5, 0.6) is 0 Å². The molecule has 1 fully saturated rings. The third-order valence-electron chi connectivity index (χ3n) is 5.14. The highest BCUT2D eigenvalue weighted by molar-refractivity contribution is 8.06. The number of thioether (sulfide) groups is 2. The number of carbonyl (C=O) groups excluding carboxylic acids is 2. The van der Waals surface area contributed by atoms with Crippen LogP contribution in [0, 0.1) is 0 Å². The maximum atomic E-state index is 12.9. The summed E-state index contributed by atoms with van der Waals surface area (Å²) in [4.78, 5) is 48.8. The first-order valence-electron chi connectivity index (χ1n) is 10.1. The highest BCUT2D eigenvalue weighted by Gasteiger charge is 2.54. The highest BCUT2D eigenvalue weighted by Crippen LogP contribution is 2.41. The number of alkyl halides is 1. The number of thiazole rings is 1. The van der Waals surface area contributed by atoms with Gasteiger partial charge in [0.05, 0.1) is 6.04 Å². The molecule has 2 aromatic rings. The number of nitrogens with two attached hydrogens (primary N) is 1. The van der Waals surface area contributed by atoms with Gasteiger partial charge in [-0.3, -0.25) is 14.5 Å². The number of halogens is 1. The standard InChI is InChI=1S/C20H19FN6O5S3/c1-26-4-2-10(3-5-26)33-8-13-16(19(30)31)27-12(7-34-13)15(18(27)29)24-17(28)14(25-32-9-21)11-6-35-20(22)23-11/h2-6,12,15H,7-9H2,1H3,(H3-,22,23,24,28,30,31)/p+1. The first-order valence-corrected chi connectivity index (χ1v) is 12.9. The molecule has 2 atom stereocenters. The minimum atomic E-state index is -1.26. The van der Waals surface area contributed by atoms with Crippen molar-refractivity contribution in [3.05, 3.63) is 46.2 Å². The van der Waals surface area contributed by atoms with Crippen LogP contribution in [0.1, 0.15) is 5.69 Å². The van der Waals surface area contributed by atoms with Crippen molar-refractivity contribution in [1.29, 1.82) is 0 Å². The predicted molar refractivity (Wildman–Crippen MR) is 128 cm³/mol. The van der Waals surface area contributed by atoms with E-state index in [1.54, 1.807) is 0 Å². The van der Waals surface area contributed by atoms with E-state index in [1.165, 1.54) is 33.8 Å². The first-order chi connectivity index (χ1) is 16.8. The van der Waals surface area contributed by atoms with Gasteiger partial charge in [-0.2, -0.15) is 0 Å². The van der Waals surface area contributed by atoms with Crippen LogP contribution in [0.2, 0.25) is 0 Å². The lowest BCUT2D eigenvalue weighted by Crippen LogP contribution is -2.73. The van der Waals surface area contributed by atoms with E-state index in [2.05, 4.69) is 20.3 Å². The number of carbonyl (C=O) groups is 3. The second-order valence-electron chi connectivity index (χ2n) is 7.35. The van der Waals surface area contributed by atoms with Crippen LogP contribution in [-0.4, -0.2) is 68.9 Å². The van der Waals surface area contributed by atoms with E-state index in [-0.39, 0.29) is 22.2 Å². The molecule has 0 bridgehead atoms. The van der Waals surface area contributed by atoms with Gasteiger partial charge in [0.25, 0.3) is 18.7 Å². The Morgan fingerprint density at radius 2 is 2.20 bits per heavy atom. The van der Waals surface area contributed by atoms with Gasteiger partial charge in [-0.15, -0.1) is 34.9 Å². The molecule has 184 valence electrons. The molecule has 11 nitrogen and oxygen atoms in total. The van der Waals surface area contributed by atoms with Gasteiger partial charge in [0.1, 0.15) is 24.5 Å². The summed E-state index contributed by atoms with van der Waals surface area (Å²) < 4.78 is 14.4. The number of aliphatic carboxylic acids is 1. The van der Waals surface area contributed by atoms with Gasteiger partial charge in [0.15, 0.2) is 23.2 Å². The molecule has 0 aliphatic carbocycles. The molecule has 0 spiro atoms. The third kappa shape index (κ3) is 5.26. The van der Waals surface area contributed by atoms with Gasteiger partial charge >= 0.3 is 5.97 Å². The number of rotatable bonds is 9. The van der Waals surface area contributed by atoms with Crippen LogP contribution < -0.4 is 15.6 Å². The summed E-state index contributed by atoms with van der Waals surface area (Å²) in [5.74, 6) is -1.81. The molecule has 15 heteroatoms. The quantitative estimate of drug-likeness (QED) is 0.138. The van der Waals surface area contributed by atoms with Crippen molar-refractivity contribution in [2.24, 2.45) is 12.2 Å². The summed E-state index contributed by atoms with van der Waals surface area (Å²) in [7, 11) is 1.90. The van der Waals surface area contributed by atoms with Crippen LogP contribution in [0.25, 0.3) is 0 Å². The smallest absolute Gasteiger partial charge is 0.353 e. The minimum absolute atomic E-state index is 0.0695. The number of aromatic nitrogens is 2. The van der Waals surface area contributed by atoms with Gasteiger partial charge in [-0.1, -0.05) is 5.16 Å². The number of β-lactam (4-membered cyclic amide) rings is 1. The zero-order valence-corrected chi connectivity index (χ0v) is 20.7. The lowest BCUT2D eigenvalue weighted by molar-refractivity contribution is -0.671. The number of hydrogen-bond acceptors (Lipinski definition) is 10. The largest absolute Gasteiger partial charge is 0.477 e. The number of nitrogens with one attached hydrogen (secondary N) is 1. The summed E-state index contributed by atoms with van der Waals surface area (Å²) in [6.45, 7) is -1.26. The molecule has 2 aromatic heterocycles. The number of pyridine rings is 1. The van der Waals surface area contributed by atoms with Crippen LogP contribution in [0.3, 0.4) is 0 Å². The number of anilines is 1. The molecule has 0 aromatic carbocycles. The fourth-order valence-corrected chi connectivity index (χ4v) is 6.34. The van der Waals surface area contributed by atoms with Crippen molar-refractivity contribution in [2.45, 2.75) is 17.0 Å². The molecule has 4 heterocycles. The molecule has 2 amide bonds. The number of nitrogens with zero attached hydrogens (tertiary/aromatic N) is 4. The maximum Gasteiger partial charge on any atom is 0.353 e. The molecule has 35 heavy (non-hydrogen) atoms. The predicted octanol–water partition coefficient (Wildman–Crippen LogP) is 0.728. The number of carboxylic acid groups (broad SMARTS) is 1. The van der Waals surface area contributed by atoms with E-state index in [4.69, 9.17) is 5.73 Å². The highest BCUT2D eigenvalue weighted by atomic mass is 32.2. The molecular weight excluding hydrogens is 519 g/mol. The number of oxime groups is 1. The Hall–Kier alpha value is -3.17. The average Bonchev–Trinajstić information content (AvgIpc) is 3.27. The summed E-state index contributed by atoms with van der Waals surface area (Å²) in [5.41, 5.74) is 5.24. The fourth-order valence-electron chi connectivity index (χ4n) is 3.50. The van der Waals surface area contributed by atoms with E-state index in [1.807, 2.05) is 36.1 Å². The van der Waals surface area contributed by atoms with Crippen molar-refractivity contribution in [1.82, 2.24) is 15.2 Å². The van der Waals surface area contributed by atoms with Gasteiger partial charge in [0.2, 0.25) is 0 Å². The second kappa shape index (κ2) is 10.6. The molecule has 4 rings (SSSR count). The third-order valence-corrected chi connectivity index (χ3v) is 8.23. The van der Waals surface area contributed by atoms with E-state index in [0.717, 1.165) is 16.2 Å². The molecule has 1 saturated heterocycles. The normalized spacial score (nSPS) is 19.8. The SMILES string of the molecule is C[n+]1ccc(SCC2=C(C(=O)O)N3C(=O)C(NC(=O)C(=NOCF)c4csc(N)n4)C3CS2)cc1. The first kappa shape index (κ1) is 24.9. The topological polar surface area (TPSA) is 151 Å². The maximum absolute atomic E-state index is 12.9. The number of amides is 2. The Labute approximate surface area is 211 Å². The Balaban J connectivity index is 1.48. The second-order valence-corrected chi connectivity index (χ2v) is 10.4. The summed E-state index contributed by atoms with van der Waals surface area (Å²) >= 11 is 3.86. The van der Waals surface area contributed by atoms with Crippen LogP contribution in [0.15, 0.2) is 50.6 Å². The zero-order valence-electron chi connectivity index (χ0n) is 18.2. The minimum Gasteiger partial charge on any atom is -0.477 e. The number of hydrogen-bond donors (Lipinski definition) is 3. The molecule has 2 aliphatic heterocycles. The number of fused-ring (bicyclic) bond motifs is 1.